The number of halogens is 2. The zero-order chi connectivity index (χ0) is 13.7. The zero-order valence-electron chi connectivity index (χ0n) is 9.43. The predicted molar refractivity (Wildman–Crippen MR) is 57.1 cm³/mol. The molecule has 0 fully saturated rings. The van der Waals surface area contributed by atoms with Crippen molar-refractivity contribution < 1.29 is 27.8 Å². The molecule has 7 heteroatoms. The molecule has 18 heavy (non-hydrogen) atoms. The van der Waals surface area contributed by atoms with Gasteiger partial charge in [-0.15, -0.1) is 0 Å². The highest BCUT2D eigenvalue weighted by Gasteiger charge is 2.16. The van der Waals surface area contributed by atoms with Crippen LogP contribution < -0.4 is 10.5 Å². The van der Waals surface area contributed by atoms with E-state index in [1.807, 2.05) is 0 Å². The maximum absolute atomic E-state index is 11.9. The Balaban J connectivity index is 2.67. The van der Waals surface area contributed by atoms with Crippen LogP contribution in [0.3, 0.4) is 0 Å². The molecule has 0 aliphatic carbocycles. The highest BCUT2D eigenvalue weighted by atomic mass is 19.3. The Hall–Kier alpha value is -2.18. The summed E-state index contributed by atoms with van der Waals surface area (Å²) in [7, 11) is 0. The van der Waals surface area contributed by atoms with Crippen molar-refractivity contribution in [1.82, 2.24) is 0 Å². The molecule has 98 valence electrons. The number of hydrogen-bond acceptors (Lipinski definition) is 4. The summed E-state index contributed by atoms with van der Waals surface area (Å²) in [6, 6.07) is 4.87. The van der Waals surface area contributed by atoms with E-state index in [1.165, 1.54) is 31.2 Å². The third kappa shape index (κ3) is 4.00. The molecule has 1 aromatic carbocycles. The number of alkyl halides is 2. The highest BCUT2D eigenvalue weighted by molar-refractivity contribution is 5.92. The van der Waals surface area contributed by atoms with E-state index in [4.69, 9.17) is 10.5 Å². The molecule has 5 nitrogen and oxygen atoms in total. The van der Waals surface area contributed by atoms with Crippen LogP contribution in [0.15, 0.2) is 24.3 Å². The average Bonchev–Trinajstić information content (AvgIpc) is 2.28. The molecule has 0 aliphatic rings. The second-order valence-corrected chi connectivity index (χ2v) is 3.35. The molecule has 1 rings (SSSR count). The van der Waals surface area contributed by atoms with Gasteiger partial charge in [-0.05, 0) is 31.2 Å². The van der Waals surface area contributed by atoms with Crippen molar-refractivity contribution in [2.24, 2.45) is 5.73 Å². The lowest BCUT2D eigenvalue weighted by molar-refractivity contribution is -0.125. The van der Waals surface area contributed by atoms with Crippen molar-refractivity contribution in [2.45, 2.75) is 19.6 Å². The van der Waals surface area contributed by atoms with Crippen LogP contribution in [0, 0.1) is 0 Å². The van der Waals surface area contributed by atoms with Gasteiger partial charge in [0.15, 0.2) is 6.10 Å². The van der Waals surface area contributed by atoms with Gasteiger partial charge in [0.25, 0.3) is 5.91 Å². The van der Waals surface area contributed by atoms with Gasteiger partial charge in [-0.1, -0.05) is 0 Å². The first-order chi connectivity index (χ1) is 8.40. The highest BCUT2D eigenvalue weighted by Crippen LogP contribution is 2.15. The molecule has 0 aliphatic heterocycles. The summed E-state index contributed by atoms with van der Waals surface area (Å²) >= 11 is 0. The second kappa shape index (κ2) is 5.95. The lowest BCUT2D eigenvalue weighted by Gasteiger charge is -2.10. The van der Waals surface area contributed by atoms with E-state index in [1.54, 1.807) is 0 Å². The minimum Gasteiger partial charge on any atom is -0.449 e. The van der Waals surface area contributed by atoms with Crippen LogP contribution in [0.4, 0.5) is 8.78 Å². The Labute approximate surface area is 101 Å². The fraction of sp³-hybridized carbons (Fsp3) is 0.273. The van der Waals surface area contributed by atoms with Crippen molar-refractivity contribution in [3.05, 3.63) is 29.8 Å². The quantitative estimate of drug-likeness (QED) is 0.809. The number of hydrogen-bond donors (Lipinski definition) is 1. The van der Waals surface area contributed by atoms with Gasteiger partial charge >= 0.3 is 12.6 Å². The Morgan fingerprint density at radius 2 is 1.78 bits per heavy atom. The van der Waals surface area contributed by atoms with E-state index in [0.717, 1.165) is 0 Å². The molecule has 1 atom stereocenters. The largest absolute Gasteiger partial charge is 0.449 e. The number of carbonyl (C=O) groups excluding carboxylic acids is 2. The van der Waals surface area contributed by atoms with E-state index < -0.39 is 24.6 Å². The molecule has 0 unspecified atom stereocenters. The number of amides is 1. The summed E-state index contributed by atoms with van der Waals surface area (Å²) < 4.78 is 32.6. The lowest BCUT2D eigenvalue weighted by Crippen LogP contribution is -2.30. The number of ether oxygens (including phenoxy) is 2. The van der Waals surface area contributed by atoms with Crippen LogP contribution >= 0.6 is 0 Å². The van der Waals surface area contributed by atoms with Crippen LogP contribution in [-0.4, -0.2) is 24.6 Å². The molecule has 0 saturated carbocycles. The van der Waals surface area contributed by atoms with Crippen LogP contribution in [0.2, 0.25) is 0 Å². The van der Waals surface area contributed by atoms with Crippen molar-refractivity contribution in [3.8, 4) is 5.75 Å². The number of carbonyl (C=O) groups is 2. The summed E-state index contributed by atoms with van der Waals surface area (Å²) in [5.74, 6) is -1.63. The van der Waals surface area contributed by atoms with Gasteiger partial charge in [0.1, 0.15) is 5.75 Å². The van der Waals surface area contributed by atoms with E-state index in [2.05, 4.69) is 4.74 Å². The second-order valence-electron chi connectivity index (χ2n) is 3.35. The lowest BCUT2D eigenvalue weighted by atomic mass is 10.2. The SMILES string of the molecule is C[C@@H](OC(=O)c1ccc(OC(F)F)cc1)C(N)=O. The van der Waals surface area contributed by atoms with Gasteiger partial charge in [-0.25, -0.2) is 4.79 Å². The summed E-state index contributed by atoms with van der Waals surface area (Å²) in [5, 5.41) is 0. The molecule has 0 aromatic heterocycles. The summed E-state index contributed by atoms with van der Waals surface area (Å²) in [6.45, 7) is -1.60. The minimum atomic E-state index is -2.93. The first-order valence-electron chi connectivity index (χ1n) is 4.95. The van der Waals surface area contributed by atoms with Crippen LogP contribution in [-0.2, 0) is 9.53 Å². The average molecular weight is 259 g/mol. The maximum Gasteiger partial charge on any atom is 0.387 e. The third-order valence-electron chi connectivity index (χ3n) is 2.00. The van der Waals surface area contributed by atoms with Crippen molar-refractivity contribution >= 4 is 11.9 Å². The maximum atomic E-state index is 11.9. The predicted octanol–water partition coefficient (Wildman–Crippen LogP) is 1.32. The molecule has 0 bridgehead atoms. The molecule has 1 amide bonds. The summed E-state index contributed by atoms with van der Waals surface area (Å²) in [5.41, 5.74) is 5.02. The molecule has 2 N–H and O–H groups in total. The van der Waals surface area contributed by atoms with E-state index >= 15 is 0 Å². The van der Waals surface area contributed by atoms with E-state index in [0.29, 0.717) is 0 Å². The number of esters is 1. The van der Waals surface area contributed by atoms with Crippen LogP contribution in [0.25, 0.3) is 0 Å². The zero-order valence-corrected chi connectivity index (χ0v) is 9.43. The Morgan fingerprint density at radius 1 is 1.22 bits per heavy atom. The molecular weight excluding hydrogens is 248 g/mol. The van der Waals surface area contributed by atoms with Gasteiger partial charge in [0.05, 0.1) is 5.56 Å². The monoisotopic (exact) mass is 259 g/mol. The summed E-state index contributed by atoms with van der Waals surface area (Å²) in [6.07, 6.45) is -1.06. The number of benzene rings is 1. The first kappa shape index (κ1) is 13.9. The third-order valence-corrected chi connectivity index (χ3v) is 2.00. The number of rotatable bonds is 5. The van der Waals surface area contributed by atoms with Crippen molar-refractivity contribution in [3.63, 3.8) is 0 Å². The van der Waals surface area contributed by atoms with Crippen molar-refractivity contribution in [2.75, 3.05) is 0 Å². The van der Waals surface area contributed by atoms with Crippen LogP contribution in [0.5, 0.6) is 5.75 Å². The molecule has 0 saturated heterocycles. The normalized spacial score (nSPS) is 12.0. The standard InChI is InChI=1S/C11H11F2NO4/c1-6(9(14)15)17-10(16)7-2-4-8(5-3-7)18-11(12)13/h2-6,11H,1H3,(H2,14,15)/t6-/m1/s1. The Morgan fingerprint density at radius 3 is 2.22 bits per heavy atom. The molecule has 0 radical (unpaired) electrons. The Kier molecular flexibility index (Phi) is 4.59. The molecule has 0 spiro atoms. The fourth-order valence-electron chi connectivity index (χ4n) is 1.06. The summed E-state index contributed by atoms with van der Waals surface area (Å²) in [4.78, 5) is 22.2. The van der Waals surface area contributed by atoms with Gasteiger partial charge in [0.2, 0.25) is 0 Å². The van der Waals surface area contributed by atoms with E-state index in [-0.39, 0.29) is 11.3 Å². The van der Waals surface area contributed by atoms with Crippen LogP contribution in [0.1, 0.15) is 17.3 Å². The van der Waals surface area contributed by atoms with Crippen molar-refractivity contribution in [1.29, 1.82) is 0 Å². The number of nitrogens with two attached hydrogens (primary N) is 1. The minimum absolute atomic E-state index is 0.0792. The first-order valence-corrected chi connectivity index (χ1v) is 4.95. The molecular formula is C11H11F2NO4. The topological polar surface area (TPSA) is 78.6 Å². The Bertz CT molecular complexity index is 433. The van der Waals surface area contributed by atoms with Gasteiger partial charge in [-0.3, -0.25) is 4.79 Å². The van der Waals surface area contributed by atoms with Gasteiger partial charge in [0, 0.05) is 0 Å². The number of primary amides is 1. The fourth-order valence-corrected chi connectivity index (χ4v) is 1.06. The van der Waals surface area contributed by atoms with Gasteiger partial charge < -0.3 is 15.2 Å². The molecule has 0 heterocycles. The van der Waals surface area contributed by atoms with Gasteiger partial charge in [-0.2, -0.15) is 8.78 Å². The van der Waals surface area contributed by atoms with E-state index in [9.17, 15) is 18.4 Å². The molecule has 1 aromatic rings. The smallest absolute Gasteiger partial charge is 0.387 e.